The Morgan fingerprint density at radius 3 is 2.51 bits per heavy atom. The van der Waals surface area contributed by atoms with Crippen molar-refractivity contribution in [3.05, 3.63) is 96.2 Å². The van der Waals surface area contributed by atoms with Crippen LogP contribution in [0.1, 0.15) is 11.1 Å². The minimum absolute atomic E-state index is 0.236. The van der Waals surface area contributed by atoms with Gasteiger partial charge in [-0.05, 0) is 50.5 Å². The third kappa shape index (κ3) is 3.88. The van der Waals surface area contributed by atoms with Crippen LogP contribution >= 0.6 is 0 Å². The molecule has 0 radical (unpaired) electrons. The predicted octanol–water partition coefficient (Wildman–Crippen LogP) is 3.36. The monoisotopic (exact) mass is 482 g/mol. The summed E-state index contributed by atoms with van der Waals surface area (Å²) in [4.78, 5) is 7.58. The number of rotatable bonds is 6. The van der Waals surface area contributed by atoms with E-state index in [1.165, 1.54) is 0 Å². The average molecular weight is 483 g/mol. The molecule has 6 aromatic rings. The molecule has 0 spiro atoms. The van der Waals surface area contributed by atoms with Gasteiger partial charge in [0.05, 0.1) is 11.2 Å². The lowest BCUT2D eigenvalue weighted by atomic mass is 9.89. The zero-order valence-electron chi connectivity index (χ0n) is 19.9. The zero-order valence-corrected chi connectivity index (χ0v) is 19.9. The van der Waals surface area contributed by atoms with Crippen LogP contribution in [0.2, 0.25) is 0 Å². The second-order valence-corrected chi connectivity index (χ2v) is 8.90. The van der Waals surface area contributed by atoms with E-state index in [4.69, 9.17) is 12.3 Å². The van der Waals surface area contributed by atoms with Crippen molar-refractivity contribution < 1.29 is 10.1 Å². The first kappa shape index (κ1) is 22.5. The fraction of sp³-hybridized carbons (Fsp3) is 0.0645. The molecule has 0 aliphatic heterocycles. The van der Waals surface area contributed by atoms with E-state index < -0.39 is 6.23 Å². The smallest absolute Gasteiger partial charge is 0.190 e. The van der Waals surface area contributed by atoms with Crippen molar-refractivity contribution in [2.75, 3.05) is 11.9 Å². The lowest BCUT2D eigenvalue weighted by molar-refractivity contribution is -0.460. The summed E-state index contributed by atoms with van der Waals surface area (Å²) in [5.74, 6) is 8.63. The molecule has 6 heteroatoms. The van der Waals surface area contributed by atoms with Crippen LogP contribution in [0.5, 0.6) is 0 Å². The summed E-state index contributed by atoms with van der Waals surface area (Å²) >= 11 is 0. The summed E-state index contributed by atoms with van der Waals surface area (Å²) in [5, 5.41) is 25.4. The number of aromatic nitrogens is 1. The highest BCUT2D eigenvalue weighted by Gasteiger charge is 2.16. The van der Waals surface area contributed by atoms with E-state index in [1.807, 2.05) is 42.5 Å². The van der Waals surface area contributed by atoms with Gasteiger partial charge in [0.25, 0.3) is 0 Å². The Hall–Kier alpha value is -4.99. The van der Waals surface area contributed by atoms with Crippen LogP contribution in [0, 0.1) is 12.3 Å². The molecule has 6 nitrogen and oxygen atoms in total. The van der Waals surface area contributed by atoms with E-state index in [-0.39, 0.29) is 6.54 Å². The predicted molar refractivity (Wildman–Crippen MR) is 152 cm³/mol. The quantitative estimate of drug-likeness (QED) is 0.0731. The Morgan fingerprint density at radius 1 is 0.973 bits per heavy atom. The molecule has 0 aliphatic rings. The number of fused-ring (bicyclic) bond motifs is 1. The molecule has 0 amide bonds. The van der Waals surface area contributed by atoms with Crippen LogP contribution in [0.3, 0.4) is 0 Å². The summed E-state index contributed by atoms with van der Waals surface area (Å²) in [7, 11) is 0. The molecule has 0 aliphatic carbocycles. The number of nitrogens with one attached hydrogen (secondary N) is 2. The second kappa shape index (κ2) is 9.23. The van der Waals surface area contributed by atoms with Gasteiger partial charge in [0.1, 0.15) is 0 Å². The molecular formula is C31H24N5O+. The minimum Gasteiger partial charge on any atom is -0.368 e. The highest BCUT2D eigenvalue weighted by atomic mass is 16.3. The van der Waals surface area contributed by atoms with E-state index in [2.05, 4.69) is 62.7 Å². The molecule has 0 fully saturated rings. The average Bonchev–Trinajstić information content (AvgIpc) is 2.94. The maximum atomic E-state index is 10.6. The van der Waals surface area contributed by atoms with Crippen molar-refractivity contribution in [1.29, 1.82) is 0 Å². The Kier molecular flexibility index (Phi) is 5.61. The van der Waals surface area contributed by atoms with Gasteiger partial charge in [0.2, 0.25) is 0 Å². The molecule has 1 atom stereocenters. The van der Waals surface area contributed by atoms with Crippen LogP contribution < -0.4 is 16.2 Å². The van der Waals surface area contributed by atoms with Gasteiger partial charge in [-0.2, -0.15) is 5.10 Å². The standard InChI is InChI=1S/C31H23N5O/c1-2-19-8-9-20-10-11-21-12-13-24(25-15-14-23(19)29(20)30(21)25)27(36-32)17-33-18-28(37)35-26-7-3-5-22-6-4-16-34-31(22)26/h1,3-17,28,35,37H,18,32H2/p+1. The SMILES string of the molecule is C#Cc1ccc2ccc3ccc(C(C=[NH+]CC(O)Nc4cccc5cccnc45)=NN)c4ccc1c2c34. The Morgan fingerprint density at radius 2 is 1.70 bits per heavy atom. The molecule has 178 valence electrons. The molecule has 6 rings (SSSR count). The van der Waals surface area contributed by atoms with Gasteiger partial charge >= 0.3 is 0 Å². The van der Waals surface area contributed by atoms with Crippen molar-refractivity contribution in [1.82, 2.24) is 4.98 Å². The van der Waals surface area contributed by atoms with Crippen molar-refractivity contribution in [3.63, 3.8) is 0 Å². The number of anilines is 1. The molecule has 5 N–H and O–H groups in total. The molecule has 0 saturated heterocycles. The van der Waals surface area contributed by atoms with Gasteiger partial charge < -0.3 is 16.3 Å². The highest BCUT2D eigenvalue weighted by Crippen LogP contribution is 2.37. The number of hydrogen-bond donors (Lipinski definition) is 4. The zero-order chi connectivity index (χ0) is 25.4. The molecule has 1 unspecified atom stereocenters. The number of aliphatic hydroxyl groups is 1. The van der Waals surface area contributed by atoms with Gasteiger partial charge in [-0.1, -0.05) is 66.6 Å². The molecule has 37 heavy (non-hydrogen) atoms. The molecule has 0 bridgehead atoms. The summed E-state index contributed by atoms with van der Waals surface area (Å²) in [6.45, 7) is 0.236. The van der Waals surface area contributed by atoms with Crippen molar-refractivity contribution in [2.45, 2.75) is 6.23 Å². The van der Waals surface area contributed by atoms with Crippen LogP contribution in [0.25, 0.3) is 43.2 Å². The lowest BCUT2D eigenvalue weighted by Gasteiger charge is -2.14. The normalized spacial score (nSPS) is 13.1. The van der Waals surface area contributed by atoms with E-state index in [0.29, 0.717) is 5.71 Å². The fourth-order valence-electron chi connectivity index (χ4n) is 5.05. The third-order valence-corrected chi connectivity index (χ3v) is 6.74. The van der Waals surface area contributed by atoms with Gasteiger partial charge in [-0.15, -0.1) is 6.42 Å². The topological polar surface area (TPSA) is 97.5 Å². The summed E-state index contributed by atoms with van der Waals surface area (Å²) < 4.78 is 0. The third-order valence-electron chi connectivity index (χ3n) is 6.74. The van der Waals surface area contributed by atoms with Gasteiger partial charge in [-0.25, -0.2) is 4.99 Å². The first-order chi connectivity index (χ1) is 18.2. The van der Waals surface area contributed by atoms with Crippen molar-refractivity contribution in [3.8, 4) is 12.3 Å². The Bertz CT molecular complexity index is 1880. The highest BCUT2D eigenvalue weighted by molar-refractivity contribution is 6.41. The lowest BCUT2D eigenvalue weighted by Crippen LogP contribution is -2.74. The number of pyridine rings is 1. The number of nitrogens with zero attached hydrogens (tertiary/aromatic N) is 2. The number of para-hydroxylation sites is 1. The van der Waals surface area contributed by atoms with E-state index >= 15 is 0 Å². The largest absolute Gasteiger partial charge is 0.368 e. The van der Waals surface area contributed by atoms with E-state index in [9.17, 15) is 5.11 Å². The number of benzene rings is 5. The minimum atomic E-state index is -0.855. The number of hydrazone groups is 1. The number of hydrogen-bond acceptors (Lipinski definition) is 5. The van der Waals surface area contributed by atoms with Crippen LogP contribution in [-0.4, -0.2) is 34.8 Å². The fourth-order valence-corrected chi connectivity index (χ4v) is 5.05. The summed E-state index contributed by atoms with van der Waals surface area (Å²) in [6.07, 6.45) is 8.38. The molecule has 1 aromatic heterocycles. The molecular weight excluding hydrogens is 458 g/mol. The Labute approximate surface area is 213 Å². The summed E-state index contributed by atoms with van der Waals surface area (Å²) in [5.41, 5.74) is 3.91. The molecule has 0 saturated carbocycles. The second-order valence-electron chi connectivity index (χ2n) is 8.90. The Balaban J connectivity index is 1.31. The maximum absolute atomic E-state index is 10.6. The van der Waals surface area contributed by atoms with Crippen molar-refractivity contribution in [2.24, 2.45) is 10.9 Å². The number of terminal acetylenes is 1. The number of nitrogens with two attached hydrogens (primary N) is 1. The first-order valence-electron chi connectivity index (χ1n) is 12.0. The van der Waals surface area contributed by atoms with Crippen LogP contribution in [-0.2, 0) is 0 Å². The van der Waals surface area contributed by atoms with Crippen LogP contribution in [0.15, 0.2) is 90.2 Å². The van der Waals surface area contributed by atoms with E-state index in [1.54, 1.807) is 12.4 Å². The molecule has 5 aromatic carbocycles. The van der Waals surface area contributed by atoms with Crippen molar-refractivity contribution >= 4 is 60.8 Å². The van der Waals surface area contributed by atoms with Gasteiger partial charge in [0, 0.05) is 22.7 Å². The first-order valence-corrected chi connectivity index (χ1v) is 12.0. The maximum Gasteiger partial charge on any atom is 0.190 e. The van der Waals surface area contributed by atoms with E-state index in [0.717, 1.165) is 60.0 Å². The van der Waals surface area contributed by atoms with Gasteiger partial charge in [-0.3, -0.25) is 4.98 Å². The van der Waals surface area contributed by atoms with Gasteiger partial charge in [0.15, 0.2) is 24.7 Å². The number of aliphatic hydroxyl groups excluding tert-OH is 1. The van der Waals surface area contributed by atoms with Crippen LogP contribution in [0.4, 0.5) is 5.69 Å². The molecule has 1 heterocycles. The summed E-state index contributed by atoms with van der Waals surface area (Å²) in [6, 6.07) is 26.2.